The first-order valence-electron chi connectivity index (χ1n) is 11.0. The Morgan fingerprint density at radius 2 is 0.885 bits per heavy atom. The van der Waals surface area contributed by atoms with Crippen LogP contribution in [0.4, 0.5) is 0 Å². The van der Waals surface area contributed by atoms with Crippen LogP contribution in [0.3, 0.4) is 0 Å². The molecule has 5 nitrogen and oxygen atoms in total. The highest BCUT2D eigenvalue weighted by atomic mass is 31.2. The summed E-state index contributed by atoms with van der Waals surface area (Å²) in [6.07, 6.45) is 19.3. The van der Waals surface area contributed by atoms with Gasteiger partial charge in [0.1, 0.15) is 0 Å². The van der Waals surface area contributed by atoms with Crippen molar-refractivity contribution in [2.75, 3.05) is 13.2 Å². The molecule has 1 unspecified atom stereocenters. The van der Waals surface area contributed by atoms with E-state index in [1.54, 1.807) is 0 Å². The molecule has 0 heterocycles. The zero-order valence-electron chi connectivity index (χ0n) is 17.4. The minimum absolute atomic E-state index is 0.374. The van der Waals surface area contributed by atoms with Gasteiger partial charge in [0.25, 0.3) is 0 Å². The van der Waals surface area contributed by atoms with Crippen LogP contribution in [0.5, 0.6) is 0 Å². The summed E-state index contributed by atoms with van der Waals surface area (Å²) in [6, 6.07) is 0. The molecule has 158 valence electrons. The van der Waals surface area contributed by atoms with Gasteiger partial charge in [-0.3, -0.25) is 9.05 Å². The van der Waals surface area contributed by atoms with Crippen LogP contribution < -0.4 is 5.90 Å². The Hall–Kier alpha value is 0.0700. The number of nitrogens with two attached hydrogens (primary N) is 1. The Labute approximate surface area is 162 Å². The third-order valence-electron chi connectivity index (χ3n) is 4.62. The average molecular weight is 394 g/mol. The van der Waals surface area contributed by atoms with Crippen molar-refractivity contribution in [2.45, 2.75) is 117 Å². The molecule has 0 spiro atoms. The highest BCUT2D eigenvalue weighted by molar-refractivity contribution is 7.48. The first-order chi connectivity index (χ1) is 12.7. The maximum Gasteiger partial charge on any atom is 0.491 e. The van der Waals surface area contributed by atoms with E-state index in [0.29, 0.717) is 13.2 Å². The largest absolute Gasteiger partial charge is 0.491 e. The number of hydrogen-bond donors (Lipinski definition) is 1. The summed E-state index contributed by atoms with van der Waals surface area (Å²) in [7, 11) is -3.56. The molecule has 0 saturated heterocycles. The molecule has 2 N–H and O–H groups in total. The van der Waals surface area contributed by atoms with Crippen molar-refractivity contribution in [1.29, 1.82) is 0 Å². The van der Waals surface area contributed by atoms with Crippen LogP contribution >= 0.6 is 7.82 Å². The van der Waals surface area contributed by atoms with Gasteiger partial charge >= 0.3 is 7.82 Å². The lowest BCUT2D eigenvalue weighted by Gasteiger charge is -2.15. The van der Waals surface area contributed by atoms with E-state index >= 15 is 0 Å². The fourth-order valence-electron chi connectivity index (χ4n) is 2.92. The lowest BCUT2D eigenvalue weighted by atomic mass is 10.1. The van der Waals surface area contributed by atoms with E-state index in [2.05, 4.69) is 18.5 Å². The van der Waals surface area contributed by atoms with E-state index < -0.39 is 7.82 Å². The molecule has 0 aliphatic rings. The van der Waals surface area contributed by atoms with Gasteiger partial charge in [-0.1, -0.05) is 104 Å². The Kier molecular flexibility index (Phi) is 19.9. The van der Waals surface area contributed by atoms with Crippen molar-refractivity contribution < 1.29 is 18.2 Å². The summed E-state index contributed by atoms with van der Waals surface area (Å²) >= 11 is 0. The highest BCUT2D eigenvalue weighted by Crippen LogP contribution is 2.47. The number of hydrogen-bond acceptors (Lipinski definition) is 5. The number of phosphoric acid groups is 1. The minimum atomic E-state index is -3.56. The van der Waals surface area contributed by atoms with Gasteiger partial charge in [0.15, 0.2) is 0 Å². The van der Waals surface area contributed by atoms with Crippen LogP contribution in [-0.2, 0) is 18.2 Å². The molecule has 0 amide bonds. The topological polar surface area (TPSA) is 70.8 Å². The van der Waals surface area contributed by atoms with Crippen molar-refractivity contribution in [2.24, 2.45) is 5.90 Å². The third kappa shape index (κ3) is 17.5. The summed E-state index contributed by atoms with van der Waals surface area (Å²) in [5.74, 6) is 5.10. The standard InChI is InChI=1S/C20H44NO4P/c1-3-5-7-9-11-12-13-14-16-18-20-24-26(22,25-21)23-19-17-15-10-8-6-4-2/h3-21H2,1-2H3. The van der Waals surface area contributed by atoms with E-state index in [0.717, 1.165) is 25.7 Å². The second-order valence-electron chi connectivity index (χ2n) is 7.17. The van der Waals surface area contributed by atoms with Gasteiger partial charge in [0.2, 0.25) is 0 Å². The highest BCUT2D eigenvalue weighted by Gasteiger charge is 2.25. The molecule has 0 aromatic heterocycles. The van der Waals surface area contributed by atoms with Crippen molar-refractivity contribution in [3.8, 4) is 0 Å². The van der Waals surface area contributed by atoms with Gasteiger partial charge in [-0.2, -0.15) is 0 Å². The van der Waals surface area contributed by atoms with Crippen LogP contribution in [0.15, 0.2) is 0 Å². The normalized spacial score (nSPS) is 13.8. The second kappa shape index (κ2) is 19.8. The zero-order valence-corrected chi connectivity index (χ0v) is 18.3. The maximum absolute atomic E-state index is 12.2. The van der Waals surface area contributed by atoms with Crippen LogP contribution in [0.25, 0.3) is 0 Å². The van der Waals surface area contributed by atoms with E-state index in [1.165, 1.54) is 77.0 Å². The summed E-state index contributed by atoms with van der Waals surface area (Å²) in [5, 5.41) is 0. The van der Waals surface area contributed by atoms with E-state index in [9.17, 15) is 4.57 Å². The van der Waals surface area contributed by atoms with Crippen molar-refractivity contribution in [1.82, 2.24) is 0 Å². The Morgan fingerprint density at radius 1 is 0.577 bits per heavy atom. The van der Waals surface area contributed by atoms with Crippen molar-refractivity contribution in [3.05, 3.63) is 0 Å². The van der Waals surface area contributed by atoms with Crippen LogP contribution in [0, 0.1) is 0 Å². The molecule has 0 radical (unpaired) electrons. The monoisotopic (exact) mass is 393 g/mol. The first kappa shape index (κ1) is 26.1. The summed E-state index contributed by atoms with van der Waals surface area (Å²) in [6.45, 7) is 5.19. The molecule has 0 fully saturated rings. The lowest BCUT2D eigenvalue weighted by Crippen LogP contribution is -2.06. The molecular weight excluding hydrogens is 349 g/mol. The van der Waals surface area contributed by atoms with Gasteiger partial charge in [0, 0.05) is 0 Å². The van der Waals surface area contributed by atoms with Crippen molar-refractivity contribution in [3.63, 3.8) is 0 Å². The predicted molar refractivity (Wildman–Crippen MR) is 110 cm³/mol. The van der Waals surface area contributed by atoms with Crippen LogP contribution in [-0.4, -0.2) is 13.2 Å². The minimum Gasteiger partial charge on any atom is -0.286 e. The van der Waals surface area contributed by atoms with Crippen LogP contribution in [0.2, 0.25) is 0 Å². The lowest BCUT2D eigenvalue weighted by molar-refractivity contribution is 0.110. The number of phosphoric ester groups is 1. The Morgan fingerprint density at radius 3 is 1.19 bits per heavy atom. The van der Waals surface area contributed by atoms with Gasteiger partial charge in [-0.15, -0.1) is 0 Å². The number of unbranched alkanes of at least 4 members (excludes halogenated alkanes) is 14. The van der Waals surface area contributed by atoms with Crippen LogP contribution in [0.1, 0.15) is 117 Å². The fourth-order valence-corrected chi connectivity index (χ4v) is 3.82. The number of rotatable bonds is 21. The molecule has 0 rings (SSSR count). The van der Waals surface area contributed by atoms with E-state index in [4.69, 9.17) is 14.9 Å². The molecule has 0 aliphatic carbocycles. The summed E-state index contributed by atoms with van der Waals surface area (Å²) in [5.41, 5.74) is 0. The Bertz CT molecular complexity index is 329. The molecule has 26 heavy (non-hydrogen) atoms. The van der Waals surface area contributed by atoms with Gasteiger partial charge in [0.05, 0.1) is 13.2 Å². The molecule has 0 aliphatic heterocycles. The smallest absolute Gasteiger partial charge is 0.286 e. The van der Waals surface area contributed by atoms with E-state index in [-0.39, 0.29) is 0 Å². The first-order valence-corrected chi connectivity index (χ1v) is 12.4. The summed E-state index contributed by atoms with van der Waals surface area (Å²) in [4.78, 5) is 0. The SMILES string of the molecule is CCCCCCCCCCCCOP(=O)(ON)OCCCCCCCC. The van der Waals surface area contributed by atoms with Gasteiger partial charge in [-0.25, -0.2) is 15.1 Å². The molecule has 0 bridgehead atoms. The van der Waals surface area contributed by atoms with Gasteiger partial charge in [-0.05, 0) is 12.8 Å². The Balaban J connectivity index is 3.48. The summed E-state index contributed by atoms with van der Waals surface area (Å²) < 4.78 is 27.2. The molecule has 0 aromatic rings. The van der Waals surface area contributed by atoms with Crippen molar-refractivity contribution >= 4 is 7.82 Å². The fraction of sp³-hybridized carbons (Fsp3) is 1.00. The predicted octanol–water partition coefficient (Wildman–Crippen LogP) is 7.30. The maximum atomic E-state index is 12.2. The third-order valence-corrected chi connectivity index (χ3v) is 5.88. The molecule has 0 saturated carbocycles. The zero-order chi connectivity index (χ0) is 19.3. The molecule has 0 aromatic carbocycles. The molecule has 6 heteroatoms. The average Bonchev–Trinajstić information content (AvgIpc) is 2.65. The molecular formula is C20H44NO4P. The van der Waals surface area contributed by atoms with Gasteiger partial charge < -0.3 is 0 Å². The second-order valence-corrected chi connectivity index (χ2v) is 8.79. The molecule has 1 atom stereocenters. The van der Waals surface area contributed by atoms with E-state index in [1.807, 2.05) is 0 Å². The quantitative estimate of drug-likeness (QED) is 0.126.